The number of benzene rings is 1. The third kappa shape index (κ3) is 3.13. The van der Waals surface area contributed by atoms with Gasteiger partial charge in [-0.05, 0) is 44.5 Å². The van der Waals surface area contributed by atoms with Crippen LogP contribution in [0.4, 0.5) is 0 Å². The highest BCUT2D eigenvalue weighted by Gasteiger charge is 2.20. The average Bonchev–Trinajstić information content (AvgIpc) is 2.47. The fourth-order valence-corrected chi connectivity index (χ4v) is 2.97. The molecule has 0 aromatic heterocycles. The summed E-state index contributed by atoms with van der Waals surface area (Å²) in [7, 11) is -2.15. The molecule has 19 heavy (non-hydrogen) atoms. The molecule has 5 nitrogen and oxygen atoms in total. The first-order valence-corrected chi connectivity index (χ1v) is 7.86. The number of nitrogens with one attached hydrogen (secondary N) is 1. The van der Waals surface area contributed by atoms with Crippen LogP contribution < -0.4 is 4.72 Å². The van der Waals surface area contributed by atoms with E-state index in [0.29, 0.717) is 5.56 Å². The number of hydrogen-bond acceptors (Lipinski definition) is 3. The molecule has 0 bridgehead atoms. The van der Waals surface area contributed by atoms with E-state index in [4.69, 9.17) is 0 Å². The summed E-state index contributed by atoms with van der Waals surface area (Å²) < 4.78 is 25.7. The number of likely N-dealkylation sites (tertiary alicyclic amines) is 1. The normalized spacial score (nSPS) is 16.4. The van der Waals surface area contributed by atoms with Crippen LogP contribution in [0.25, 0.3) is 0 Å². The number of carbonyl (C=O) groups excluding carboxylic acids is 1. The van der Waals surface area contributed by atoms with E-state index in [1.165, 1.54) is 19.2 Å². The predicted octanol–water partition coefficient (Wildman–Crippen LogP) is 1.22. The van der Waals surface area contributed by atoms with E-state index in [1.54, 1.807) is 17.0 Å². The molecule has 0 radical (unpaired) electrons. The largest absolute Gasteiger partial charge is 0.339 e. The Morgan fingerprint density at radius 1 is 1.21 bits per heavy atom. The van der Waals surface area contributed by atoms with Crippen molar-refractivity contribution in [2.24, 2.45) is 0 Å². The van der Waals surface area contributed by atoms with E-state index in [-0.39, 0.29) is 10.8 Å². The zero-order chi connectivity index (χ0) is 13.9. The van der Waals surface area contributed by atoms with Crippen molar-refractivity contribution in [1.82, 2.24) is 9.62 Å². The topological polar surface area (TPSA) is 66.5 Å². The van der Waals surface area contributed by atoms with Gasteiger partial charge in [0.1, 0.15) is 0 Å². The maximum atomic E-state index is 12.3. The lowest BCUT2D eigenvalue weighted by molar-refractivity contribution is 0.0724. The van der Waals surface area contributed by atoms with Gasteiger partial charge >= 0.3 is 0 Å². The zero-order valence-electron chi connectivity index (χ0n) is 10.9. The molecule has 104 valence electrons. The van der Waals surface area contributed by atoms with Crippen molar-refractivity contribution in [3.8, 4) is 0 Å². The highest BCUT2D eigenvalue weighted by molar-refractivity contribution is 7.89. The van der Waals surface area contributed by atoms with Gasteiger partial charge in [-0.25, -0.2) is 13.1 Å². The second-order valence-electron chi connectivity index (χ2n) is 4.59. The molecule has 6 heteroatoms. The minimum atomic E-state index is -3.51. The van der Waals surface area contributed by atoms with E-state index in [1.807, 2.05) is 0 Å². The van der Waals surface area contributed by atoms with Gasteiger partial charge in [-0.2, -0.15) is 0 Å². The van der Waals surface area contributed by atoms with Gasteiger partial charge in [-0.3, -0.25) is 4.79 Å². The molecule has 1 amide bonds. The quantitative estimate of drug-likeness (QED) is 0.906. The van der Waals surface area contributed by atoms with Gasteiger partial charge in [-0.15, -0.1) is 0 Å². The van der Waals surface area contributed by atoms with Crippen molar-refractivity contribution in [2.75, 3.05) is 20.1 Å². The number of carbonyl (C=O) groups is 1. The minimum absolute atomic E-state index is 0.0900. The molecule has 1 aliphatic rings. The molecule has 1 heterocycles. The summed E-state index contributed by atoms with van der Waals surface area (Å²) in [6.07, 6.45) is 3.18. The van der Waals surface area contributed by atoms with Gasteiger partial charge in [0.2, 0.25) is 10.0 Å². The number of piperidine rings is 1. The molecule has 1 fully saturated rings. The predicted molar refractivity (Wildman–Crippen MR) is 72.4 cm³/mol. The van der Waals surface area contributed by atoms with Gasteiger partial charge < -0.3 is 4.90 Å². The summed E-state index contributed by atoms with van der Waals surface area (Å²) in [5.41, 5.74) is 0.429. The fourth-order valence-electron chi connectivity index (χ4n) is 2.19. The molecular weight excluding hydrogens is 264 g/mol. The summed E-state index contributed by atoms with van der Waals surface area (Å²) in [5, 5.41) is 0. The first-order chi connectivity index (χ1) is 9.04. The fraction of sp³-hybridized carbons (Fsp3) is 0.462. The summed E-state index contributed by atoms with van der Waals surface area (Å²) in [6.45, 7) is 1.50. The van der Waals surface area contributed by atoms with E-state index in [9.17, 15) is 13.2 Å². The minimum Gasteiger partial charge on any atom is -0.339 e. The van der Waals surface area contributed by atoms with Gasteiger partial charge in [0.05, 0.1) is 4.90 Å². The Bertz CT molecular complexity index is 563. The van der Waals surface area contributed by atoms with Crippen LogP contribution in [0.3, 0.4) is 0 Å². The lowest BCUT2D eigenvalue weighted by Crippen LogP contribution is -2.35. The Kier molecular flexibility index (Phi) is 4.21. The number of rotatable bonds is 3. The number of nitrogens with zero attached hydrogens (tertiary/aromatic N) is 1. The Balaban J connectivity index is 2.25. The van der Waals surface area contributed by atoms with Crippen LogP contribution in [0.5, 0.6) is 0 Å². The second-order valence-corrected chi connectivity index (χ2v) is 6.47. The summed E-state index contributed by atoms with van der Waals surface area (Å²) in [6, 6.07) is 6.18. The Morgan fingerprint density at radius 2 is 1.89 bits per heavy atom. The second kappa shape index (κ2) is 5.71. The molecule has 1 saturated heterocycles. The lowest BCUT2D eigenvalue weighted by Gasteiger charge is -2.26. The van der Waals surface area contributed by atoms with Crippen molar-refractivity contribution in [1.29, 1.82) is 0 Å². The highest BCUT2D eigenvalue weighted by Crippen LogP contribution is 2.16. The lowest BCUT2D eigenvalue weighted by atomic mass is 10.1. The maximum Gasteiger partial charge on any atom is 0.253 e. The molecule has 0 spiro atoms. The van der Waals surface area contributed by atoms with E-state index in [0.717, 1.165) is 32.4 Å². The van der Waals surface area contributed by atoms with Crippen LogP contribution in [-0.2, 0) is 10.0 Å². The SMILES string of the molecule is CNS(=O)(=O)c1cccc(C(=O)N2CCCCC2)c1. The third-order valence-electron chi connectivity index (χ3n) is 3.30. The van der Waals surface area contributed by atoms with E-state index < -0.39 is 10.0 Å². The van der Waals surface area contributed by atoms with Gasteiger partial charge in [0.15, 0.2) is 0 Å². The molecular formula is C13H18N2O3S. The van der Waals surface area contributed by atoms with Crippen molar-refractivity contribution >= 4 is 15.9 Å². The van der Waals surface area contributed by atoms with E-state index in [2.05, 4.69) is 4.72 Å². The van der Waals surface area contributed by atoms with Gasteiger partial charge in [0, 0.05) is 18.7 Å². The van der Waals surface area contributed by atoms with Gasteiger partial charge in [-0.1, -0.05) is 6.07 Å². The number of sulfonamides is 1. The van der Waals surface area contributed by atoms with Crippen molar-refractivity contribution < 1.29 is 13.2 Å². The molecule has 0 unspecified atom stereocenters. The molecule has 1 aromatic carbocycles. The van der Waals surface area contributed by atoms with Crippen molar-refractivity contribution in [3.05, 3.63) is 29.8 Å². The maximum absolute atomic E-state index is 12.3. The Labute approximate surface area is 113 Å². The molecule has 1 aliphatic heterocycles. The summed E-state index contributed by atoms with van der Waals surface area (Å²) >= 11 is 0. The van der Waals surface area contributed by atoms with Crippen molar-refractivity contribution in [3.63, 3.8) is 0 Å². The Hall–Kier alpha value is -1.40. The monoisotopic (exact) mass is 282 g/mol. The molecule has 0 atom stereocenters. The van der Waals surface area contributed by atoms with Crippen LogP contribution in [0.2, 0.25) is 0 Å². The van der Waals surface area contributed by atoms with Crippen molar-refractivity contribution in [2.45, 2.75) is 24.2 Å². The van der Waals surface area contributed by atoms with Crippen LogP contribution in [0.15, 0.2) is 29.2 Å². The van der Waals surface area contributed by atoms with Crippen LogP contribution >= 0.6 is 0 Å². The van der Waals surface area contributed by atoms with Gasteiger partial charge in [0.25, 0.3) is 5.91 Å². The molecule has 0 saturated carbocycles. The molecule has 2 rings (SSSR count). The zero-order valence-corrected chi connectivity index (χ0v) is 11.7. The van der Waals surface area contributed by atoms with Crippen LogP contribution in [-0.4, -0.2) is 39.4 Å². The molecule has 1 N–H and O–H groups in total. The smallest absolute Gasteiger partial charge is 0.253 e. The highest BCUT2D eigenvalue weighted by atomic mass is 32.2. The third-order valence-corrected chi connectivity index (χ3v) is 4.72. The van der Waals surface area contributed by atoms with E-state index >= 15 is 0 Å². The van der Waals surface area contributed by atoms with Crippen LogP contribution in [0, 0.1) is 0 Å². The first-order valence-electron chi connectivity index (χ1n) is 6.37. The van der Waals surface area contributed by atoms with Crippen LogP contribution in [0.1, 0.15) is 29.6 Å². The summed E-state index contributed by atoms with van der Waals surface area (Å²) in [4.78, 5) is 14.2. The number of hydrogen-bond donors (Lipinski definition) is 1. The summed E-state index contributed by atoms with van der Waals surface area (Å²) in [5.74, 6) is -0.0900. The number of amides is 1. The molecule has 0 aliphatic carbocycles. The standard InChI is InChI=1S/C13H18N2O3S/c1-14-19(17,18)12-7-5-6-11(10-12)13(16)15-8-3-2-4-9-15/h5-7,10,14H,2-4,8-9H2,1H3. The average molecular weight is 282 g/mol. The first kappa shape index (κ1) is 14.0. The molecule has 1 aromatic rings. The Morgan fingerprint density at radius 3 is 2.53 bits per heavy atom.